The van der Waals surface area contributed by atoms with Gasteiger partial charge >= 0.3 is 12.6 Å². The van der Waals surface area contributed by atoms with E-state index in [9.17, 15) is 23.5 Å². The Labute approximate surface area is 156 Å². The molecule has 0 aliphatic heterocycles. The molecule has 0 bridgehead atoms. The van der Waals surface area contributed by atoms with Gasteiger partial charge in [0, 0.05) is 12.1 Å². The highest BCUT2D eigenvalue weighted by Crippen LogP contribution is 2.28. The van der Waals surface area contributed by atoms with Gasteiger partial charge in [0.1, 0.15) is 11.2 Å². The number of ether oxygens (including phenoxy) is 1. The minimum absolute atomic E-state index is 0.0781. The van der Waals surface area contributed by atoms with Gasteiger partial charge in [-0.1, -0.05) is 55.5 Å². The van der Waals surface area contributed by atoms with E-state index in [-0.39, 0.29) is 25.1 Å². The molecule has 1 amide bonds. The van der Waals surface area contributed by atoms with Gasteiger partial charge in [-0.2, -0.15) is 8.78 Å². The van der Waals surface area contributed by atoms with Crippen molar-refractivity contribution in [2.45, 2.75) is 31.8 Å². The zero-order chi connectivity index (χ0) is 19.9. The Morgan fingerprint density at radius 1 is 1.11 bits per heavy atom. The van der Waals surface area contributed by atoms with Crippen molar-refractivity contribution in [1.29, 1.82) is 0 Å². The Morgan fingerprint density at radius 3 is 2.33 bits per heavy atom. The highest BCUT2D eigenvalue weighted by atomic mass is 19.3. The average Bonchev–Trinajstić information content (AvgIpc) is 2.64. The molecule has 0 saturated heterocycles. The number of rotatable bonds is 9. The summed E-state index contributed by atoms with van der Waals surface area (Å²) in [7, 11) is 0. The van der Waals surface area contributed by atoms with E-state index in [0.29, 0.717) is 11.1 Å². The van der Waals surface area contributed by atoms with E-state index >= 15 is 0 Å². The number of benzene rings is 2. The quantitative estimate of drug-likeness (QED) is 0.703. The van der Waals surface area contributed by atoms with Crippen LogP contribution >= 0.6 is 0 Å². The summed E-state index contributed by atoms with van der Waals surface area (Å²) in [5.74, 6) is -1.60. The number of carboxylic acid groups (broad SMARTS) is 1. The van der Waals surface area contributed by atoms with Crippen LogP contribution in [-0.4, -0.2) is 30.1 Å². The molecule has 7 heteroatoms. The molecule has 0 saturated carbocycles. The average molecular weight is 377 g/mol. The molecule has 0 heterocycles. The molecule has 0 fully saturated rings. The van der Waals surface area contributed by atoms with Crippen LogP contribution in [0, 0.1) is 0 Å². The highest BCUT2D eigenvalue weighted by molar-refractivity contribution is 5.84. The largest absolute Gasteiger partial charge is 0.481 e. The second-order valence-electron chi connectivity index (χ2n) is 6.05. The van der Waals surface area contributed by atoms with Gasteiger partial charge in [-0.25, -0.2) is 0 Å². The van der Waals surface area contributed by atoms with Crippen molar-refractivity contribution in [2.24, 2.45) is 0 Å². The van der Waals surface area contributed by atoms with Gasteiger partial charge in [0.05, 0.1) is 6.42 Å². The van der Waals surface area contributed by atoms with Crippen LogP contribution in [0.15, 0.2) is 54.6 Å². The number of alkyl halides is 2. The van der Waals surface area contributed by atoms with Gasteiger partial charge in [-0.15, -0.1) is 0 Å². The van der Waals surface area contributed by atoms with Crippen LogP contribution in [0.25, 0.3) is 0 Å². The van der Waals surface area contributed by atoms with Crippen molar-refractivity contribution in [2.75, 3.05) is 6.54 Å². The third-order valence-corrected chi connectivity index (χ3v) is 4.47. The summed E-state index contributed by atoms with van der Waals surface area (Å²) in [6.07, 6.45) is 0.0782. The third-order valence-electron chi connectivity index (χ3n) is 4.47. The zero-order valence-corrected chi connectivity index (χ0v) is 14.8. The molecular formula is C20H21F2NO4. The maximum Gasteiger partial charge on any atom is 0.387 e. The molecule has 27 heavy (non-hydrogen) atoms. The van der Waals surface area contributed by atoms with Crippen molar-refractivity contribution < 1.29 is 28.2 Å². The molecule has 0 spiro atoms. The Hall–Kier alpha value is -2.96. The number of carboxylic acids is 1. The molecule has 144 valence electrons. The van der Waals surface area contributed by atoms with E-state index in [0.717, 1.165) is 0 Å². The van der Waals surface area contributed by atoms with Gasteiger partial charge in [-0.05, 0) is 18.1 Å². The van der Waals surface area contributed by atoms with Crippen molar-refractivity contribution in [1.82, 2.24) is 5.32 Å². The Kier molecular flexibility index (Phi) is 6.87. The summed E-state index contributed by atoms with van der Waals surface area (Å²) in [6, 6.07) is 14.7. The Balaban J connectivity index is 2.12. The lowest BCUT2D eigenvalue weighted by atomic mass is 9.78. The maximum atomic E-state index is 12.5. The standard InChI is InChI=1S/C20H21F2NO4/c1-2-20(18(25)26,15-9-4-3-5-10-15)13-23-17(24)12-14-8-6-7-11-16(14)27-19(21)22/h3-11,19H,2,12-13H2,1H3,(H,23,24)(H,25,26). The second-order valence-corrected chi connectivity index (χ2v) is 6.05. The minimum atomic E-state index is -2.99. The molecule has 0 radical (unpaired) electrons. The lowest BCUT2D eigenvalue weighted by molar-refractivity contribution is -0.144. The molecule has 2 aromatic carbocycles. The van der Waals surface area contributed by atoms with Gasteiger partial charge in [0.2, 0.25) is 5.91 Å². The Bertz CT molecular complexity index is 783. The molecule has 2 N–H and O–H groups in total. The molecule has 0 aromatic heterocycles. The van der Waals surface area contributed by atoms with Gasteiger partial charge in [-0.3, -0.25) is 9.59 Å². The molecule has 5 nitrogen and oxygen atoms in total. The van der Waals surface area contributed by atoms with Crippen LogP contribution in [0.4, 0.5) is 8.78 Å². The third kappa shape index (κ3) is 5.03. The van der Waals surface area contributed by atoms with Crippen LogP contribution < -0.4 is 10.1 Å². The zero-order valence-electron chi connectivity index (χ0n) is 14.8. The predicted octanol–water partition coefficient (Wildman–Crippen LogP) is 3.38. The molecule has 2 aromatic rings. The summed E-state index contributed by atoms with van der Waals surface area (Å²) < 4.78 is 29.4. The first kappa shape index (κ1) is 20.4. The lowest BCUT2D eigenvalue weighted by Gasteiger charge is -2.29. The predicted molar refractivity (Wildman–Crippen MR) is 95.8 cm³/mol. The highest BCUT2D eigenvalue weighted by Gasteiger charge is 2.38. The smallest absolute Gasteiger partial charge is 0.387 e. The van der Waals surface area contributed by atoms with Crippen molar-refractivity contribution in [3.63, 3.8) is 0 Å². The van der Waals surface area contributed by atoms with E-state index in [1.807, 2.05) is 0 Å². The minimum Gasteiger partial charge on any atom is -0.481 e. The SMILES string of the molecule is CCC(CNC(=O)Cc1ccccc1OC(F)F)(C(=O)O)c1ccccc1. The lowest BCUT2D eigenvalue weighted by Crippen LogP contribution is -2.46. The molecule has 1 unspecified atom stereocenters. The van der Waals surface area contributed by atoms with Crippen LogP contribution in [0.2, 0.25) is 0 Å². The number of para-hydroxylation sites is 1. The van der Waals surface area contributed by atoms with Gasteiger partial charge < -0.3 is 15.2 Å². The number of halogens is 2. The topological polar surface area (TPSA) is 75.6 Å². The molecule has 2 rings (SSSR count). The monoisotopic (exact) mass is 377 g/mol. The summed E-state index contributed by atoms with van der Waals surface area (Å²) >= 11 is 0. The molecule has 0 aliphatic carbocycles. The maximum absolute atomic E-state index is 12.5. The normalized spacial score (nSPS) is 13.0. The first-order valence-electron chi connectivity index (χ1n) is 8.47. The van der Waals surface area contributed by atoms with Crippen LogP contribution in [0.5, 0.6) is 5.75 Å². The number of carbonyl (C=O) groups excluding carboxylic acids is 1. The van der Waals surface area contributed by atoms with Gasteiger partial charge in [0.15, 0.2) is 0 Å². The van der Waals surface area contributed by atoms with Crippen LogP contribution in [0.1, 0.15) is 24.5 Å². The number of amides is 1. The second kappa shape index (κ2) is 9.12. The summed E-state index contributed by atoms with van der Waals surface area (Å²) in [5.41, 5.74) is -0.384. The van der Waals surface area contributed by atoms with Crippen molar-refractivity contribution >= 4 is 11.9 Å². The van der Waals surface area contributed by atoms with E-state index in [1.165, 1.54) is 18.2 Å². The van der Waals surface area contributed by atoms with E-state index < -0.39 is 23.9 Å². The summed E-state index contributed by atoms with van der Waals surface area (Å²) in [4.78, 5) is 24.3. The molecular weight excluding hydrogens is 356 g/mol. The fourth-order valence-electron chi connectivity index (χ4n) is 2.88. The summed E-state index contributed by atoms with van der Waals surface area (Å²) in [5, 5.41) is 12.4. The first-order chi connectivity index (χ1) is 12.9. The fourth-order valence-corrected chi connectivity index (χ4v) is 2.88. The van der Waals surface area contributed by atoms with Crippen LogP contribution in [-0.2, 0) is 21.4 Å². The van der Waals surface area contributed by atoms with E-state index in [1.54, 1.807) is 43.3 Å². The van der Waals surface area contributed by atoms with Crippen molar-refractivity contribution in [3.05, 3.63) is 65.7 Å². The first-order valence-corrected chi connectivity index (χ1v) is 8.47. The van der Waals surface area contributed by atoms with Gasteiger partial charge in [0.25, 0.3) is 0 Å². The molecule has 0 aliphatic rings. The number of nitrogens with one attached hydrogen (secondary N) is 1. The fraction of sp³-hybridized carbons (Fsp3) is 0.300. The number of carbonyl (C=O) groups is 2. The van der Waals surface area contributed by atoms with E-state index in [4.69, 9.17) is 0 Å². The summed E-state index contributed by atoms with van der Waals surface area (Å²) in [6.45, 7) is -1.37. The number of aliphatic carboxylic acids is 1. The van der Waals surface area contributed by atoms with Crippen molar-refractivity contribution in [3.8, 4) is 5.75 Å². The number of hydrogen-bond acceptors (Lipinski definition) is 3. The molecule has 1 atom stereocenters. The van der Waals surface area contributed by atoms with E-state index in [2.05, 4.69) is 10.1 Å². The van der Waals surface area contributed by atoms with Crippen LogP contribution in [0.3, 0.4) is 0 Å². The number of hydrogen-bond donors (Lipinski definition) is 2. The Morgan fingerprint density at radius 2 is 1.74 bits per heavy atom.